The van der Waals surface area contributed by atoms with Crippen LogP contribution < -0.4 is 10.1 Å². The van der Waals surface area contributed by atoms with Crippen LogP contribution in [-0.2, 0) is 9.59 Å². The third kappa shape index (κ3) is 3.85. The maximum Gasteiger partial charge on any atom is 0.245 e. The number of aromatic nitrogens is 1. The van der Waals surface area contributed by atoms with Gasteiger partial charge in [-0.25, -0.2) is 4.98 Å². The second-order valence-electron chi connectivity index (χ2n) is 5.77. The molecule has 0 atom stereocenters. The van der Waals surface area contributed by atoms with Gasteiger partial charge in [0.05, 0.1) is 11.8 Å². The Morgan fingerprint density at radius 1 is 1.44 bits per heavy atom. The van der Waals surface area contributed by atoms with Crippen molar-refractivity contribution in [3.05, 3.63) is 29.3 Å². The van der Waals surface area contributed by atoms with Crippen molar-refractivity contribution in [2.75, 3.05) is 25.5 Å². The minimum Gasteiger partial charge on any atom is -0.494 e. The van der Waals surface area contributed by atoms with Gasteiger partial charge in [-0.1, -0.05) is 33.8 Å². The summed E-state index contributed by atoms with van der Waals surface area (Å²) in [4.78, 5) is 30.3. The number of nitrogens with one attached hydrogen (secondary N) is 1. The van der Waals surface area contributed by atoms with E-state index in [1.165, 1.54) is 17.4 Å². The van der Waals surface area contributed by atoms with Crippen LogP contribution in [0, 0.1) is 5.92 Å². The number of hydrogen-bond acceptors (Lipinski definition) is 5. The molecule has 1 fully saturated rings. The van der Waals surface area contributed by atoms with E-state index in [1.54, 1.807) is 12.0 Å². The molecule has 1 aliphatic heterocycles. The monoisotopic (exact) mass is 423 g/mol. The average Bonchev–Trinajstić information content (AvgIpc) is 3.02. The van der Waals surface area contributed by atoms with Gasteiger partial charge in [-0.05, 0) is 31.1 Å². The molecule has 0 saturated carbocycles. The van der Waals surface area contributed by atoms with Crippen molar-refractivity contribution in [3.63, 3.8) is 0 Å². The van der Waals surface area contributed by atoms with Crippen LogP contribution in [0.5, 0.6) is 5.75 Å². The number of hydrogen-bond donors (Lipinski definition) is 1. The number of likely N-dealkylation sites (tertiary alicyclic amines) is 1. The molecule has 0 radical (unpaired) electrons. The van der Waals surface area contributed by atoms with Crippen LogP contribution in [0.4, 0.5) is 5.13 Å². The maximum atomic E-state index is 12.5. The summed E-state index contributed by atoms with van der Waals surface area (Å²) in [6.07, 6.45) is 2.60. The van der Waals surface area contributed by atoms with Gasteiger partial charge in [0.1, 0.15) is 11.3 Å². The van der Waals surface area contributed by atoms with E-state index in [2.05, 4.69) is 32.8 Å². The fraction of sp³-hybridized carbons (Fsp3) is 0.353. The molecule has 1 aromatic heterocycles. The van der Waals surface area contributed by atoms with Crippen molar-refractivity contribution in [3.8, 4) is 5.75 Å². The summed E-state index contributed by atoms with van der Waals surface area (Å²) in [5.74, 6) is 0.414. The topological polar surface area (TPSA) is 71.5 Å². The van der Waals surface area contributed by atoms with E-state index in [-0.39, 0.29) is 17.7 Å². The van der Waals surface area contributed by atoms with Crippen LogP contribution in [-0.4, -0.2) is 41.9 Å². The van der Waals surface area contributed by atoms with Crippen molar-refractivity contribution in [2.45, 2.75) is 12.8 Å². The number of amides is 2. The van der Waals surface area contributed by atoms with Gasteiger partial charge < -0.3 is 15.0 Å². The van der Waals surface area contributed by atoms with Crippen molar-refractivity contribution in [1.29, 1.82) is 0 Å². The number of ether oxygens (including phenoxy) is 1. The summed E-state index contributed by atoms with van der Waals surface area (Å²) in [5.41, 5.74) is 0.734. The second-order valence-corrected chi connectivity index (χ2v) is 7.71. The summed E-state index contributed by atoms with van der Waals surface area (Å²) < 4.78 is 7.18. The molecule has 0 spiro atoms. The first-order valence-electron chi connectivity index (χ1n) is 7.88. The number of fused-ring (bicyclic) bond motifs is 1. The Bertz CT molecular complexity index is 828. The highest BCUT2D eigenvalue weighted by Gasteiger charge is 2.27. The molecule has 8 heteroatoms. The first kappa shape index (κ1) is 17.9. The first-order valence-corrected chi connectivity index (χ1v) is 9.49. The molecule has 2 amide bonds. The summed E-state index contributed by atoms with van der Waals surface area (Å²) in [5, 5.41) is 3.46. The van der Waals surface area contributed by atoms with E-state index in [1.807, 2.05) is 12.1 Å². The molecule has 1 aliphatic rings. The number of rotatable bonds is 4. The number of benzene rings is 1. The molecule has 6 nitrogen and oxygen atoms in total. The van der Waals surface area contributed by atoms with Gasteiger partial charge in [-0.15, -0.1) is 0 Å². The van der Waals surface area contributed by atoms with Gasteiger partial charge in [-0.2, -0.15) is 0 Å². The smallest absolute Gasteiger partial charge is 0.245 e. The number of piperidine rings is 1. The molecular weight excluding hydrogens is 406 g/mol. The van der Waals surface area contributed by atoms with Crippen molar-refractivity contribution >= 4 is 54.4 Å². The normalized spacial score (nSPS) is 15.2. The Hall–Kier alpha value is -1.93. The summed E-state index contributed by atoms with van der Waals surface area (Å²) >= 11 is 4.85. The standard InChI is InChI=1S/C17H18BrN3O3S/c1-3-14(22)21-6-4-10(5-7-21)16(23)20-17-19-15-12(24-2)8-11(18)9-13(15)25-17/h3,8-10H,1,4-7H2,2H3,(H,19,20,23). The Labute approximate surface area is 158 Å². The zero-order valence-electron chi connectivity index (χ0n) is 13.8. The van der Waals surface area contributed by atoms with Crippen LogP contribution in [0.3, 0.4) is 0 Å². The van der Waals surface area contributed by atoms with Gasteiger partial charge in [0.15, 0.2) is 5.13 Å². The van der Waals surface area contributed by atoms with E-state index >= 15 is 0 Å². The van der Waals surface area contributed by atoms with E-state index < -0.39 is 0 Å². The Morgan fingerprint density at radius 3 is 2.80 bits per heavy atom. The Balaban J connectivity index is 1.68. The van der Waals surface area contributed by atoms with Crippen molar-refractivity contribution in [2.24, 2.45) is 5.92 Å². The van der Waals surface area contributed by atoms with Gasteiger partial charge in [-0.3, -0.25) is 9.59 Å². The lowest BCUT2D eigenvalue weighted by Crippen LogP contribution is -2.40. The van der Waals surface area contributed by atoms with Gasteiger partial charge in [0, 0.05) is 23.5 Å². The molecular formula is C17H18BrN3O3S. The third-order valence-electron chi connectivity index (χ3n) is 4.23. The Kier molecular flexibility index (Phi) is 5.39. The van der Waals surface area contributed by atoms with Gasteiger partial charge >= 0.3 is 0 Å². The molecule has 0 aliphatic carbocycles. The fourth-order valence-corrected chi connectivity index (χ4v) is 4.39. The SMILES string of the molecule is C=CC(=O)N1CCC(C(=O)Nc2nc3c(OC)cc(Br)cc3s2)CC1. The number of anilines is 1. The minimum absolute atomic E-state index is 0.0530. The maximum absolute atomic E-state index is 12.5. The molecule has 2 aromatic rings. The van der Waals surface area contributed by atoms with E-state index in [9.17, 15) is 9.59 Å². The summed E-state index contributed by atoms with van der Waals surface area (Å²) in [6, 6.07) is 3.80. The van der Waals surface area contributed by atoms with Gasteiger partial charge in [0.2, 0.25) is 11.8 Å². The predicted octanol–water partition coefficient (Wildman–Crippen LogP) is 3.43. The number of methoxy groups -OCH3 is 1. The van der Waals surface area contributed by atoms with Gasteiger partial charge in [0.25, 0.3) is 0 Å². The molecule has 1 N–H and O–H groups in total. The highest BCUT2D eigenvalue weighted by Crippen LogP contribution is 2.35. The lowest BCUT2D eigenvalue weighted by atomic mass is 9.96. The quantitative estimate of drug-likeness (QED) is 0.764. The molecule has 132 valence electrons. The fourth-order valence-electron chi connectivity index (χ4n) is 2.87. The van der Waals surface area contributed by atoms with Crippen LogP contribution in [0.25, 0.3) is 10.2 Å². The highest BCUT2D eigenvalue weighted by molar-refractivity contribution is 9.10. The largest absolute Gasteiger partial charge is 0.494 e. The molecule has 1 aromatic carbocycles. The molecule has 1 saturated heterocycles. The minimum atomic E-state index is -0.116. The molecule has 0 unspecified atom stereocenters. The highest BCUT2D eigenvalue weighted by atomic mass is 79.9. The third-order valence-corrected chi connectivity index (χ3v) is 5.60. The lowest BCUT2D eigenvalue weighted by Gasteiger charge is -2.30. The van der Waals surface area contributed by atoms with Crippen LogP contribution in [0.2, 0.25) is 0 Å². The number of thiazole rings is 1. The van der Waals surface area contributed by atoms with E-state index in [0.717, 1.165) is 14.7 Å². The molecule has 3 rings (SSSR count). The lowest BCUT2D eigenvalue weighted by molar-refractivity contribution is -0.130. The zero-order chi connectivity index (χ0) is 18.0. The molecule has 0 bridgehead atoms. The second kappa shape index (κ2) is 7.53. The number of halogens is 1. The zero-order valence-corrected chi connectivity index (χ0v) is 16.2. The Morgan fingerprint density at radius 2 is 2.16 bits per heavy atom. The molecule has 2 heterocycles. The van der Waals surface area contributed by atoms with Crippen molar-refractivity contribution < 1.29 is 14.3 Å². The first-order chi connectivity index (χ1) is 12.0. The molecule has 25 heavy (non-hydrogen) atoms. The van der Waals surface area contributed by atoms with Crippen LogP contribution in [0.15, 0.2) is 29.3 Å². The number of carbonyl (C=O) groups is 2. The van der Waals surface area contributed by atoms with Crippen LogP contribution in [0.1, 0.15) is 12.8 Å². The number of nitrogens with zero attached hydrogens (tertiary/aromatic N) is 2. The average molecular weight is 424 g/mol. The number of carbonyl (C=O) groups excluding carboxylic acids is 2. The summed E-state index contributed by atoms with van der Waals surface area (Å²) in [6.45, 7) is 4.64. The van der Waals surface area contributed by atoms with E-state index in [0.29, 0.717) is 36.8 Å². The van der Waals surface area contributed by atoms with E-state index in [4.69, 9.17) is 4.74 Å². The predicted molar refractivity (Wildman–Crippen MR) is 102 cm³/mol. The summed E-state index contributed by atoms with van der Waals surface area (Å²) in [7, 11) is 1.59. The van der Waals surface area contributed by atoms with Crippen LogP contribution >= 0.6 is 27.3 Å². The van der Waals surface area contributed by atoms with Crippen molar-refractivity contribution in [1.82, 2.24) is 9.88 Å².